The van der Waals surface area contributed by atoms with Crippen molar-refractivity contribution in [2.24, 2.45) is 5.92 Å². The van der Waals surface area contributed by atoms with Gasteiger partial charge in [-0.25, -0.2) is 0 Å². The van der Waals surface area contributed by atoms with Crippen LogP contribution in [-0.4, -0.2) is 20.1 Å². The van der Waals surface area contributed by atoms with Crippen molar-refractivity contribution in [1.29, 1.82) is 0 Å². The van der Waals surface area contributed by atoms with Crippen LogP contribution >= 0.6 is 15.9 Å². The first-order valence-corrected chi connectivity index (χ1v) is 8.60. The van der Waals surface area contributed by atoms with Gasteiger partial charge in [-0.15, -0.1) is 0 Å². The van der Waals surface area contributed by atoms with Crippen LogP contribution < -0.4 is 10.2 Å². The van der Waals surface area contributed by atoms with E-state index in [2.05, 4.69) is 58.3 Å². The molecule has 0 saturated heterocycles. The van der Waals surface area contributed by atoms with Gasteiger partial charge in [0.05, 0.1) is 0 Å². The first-order valence-electron chi connectivity index (χ1n) is 7.81. The van der Waals surface area contributed by atoms with E-state index in [9.17, 15) is 0 Å². The topological polar surface area (TPSA) is 15.3 Å². The highest BCUT2D eigenvalue weighted by Gasteiger charge is 2.24. The highest BCUT2D eigenvalue weighted by Crippen LogP contribution is 2.33. The average Bonchev–Trinajstić information content (AvgIpc) is 2.47. The molecular weight excluding hydrogens is 312 g/mol. The molecule has 20 heavy (non-hydrogen) atoms. The zero-order chi connectivity index (χ0) is 14.5. The lowest BCUT2D eigenvalue weighted by Crippen LogP contribution is -2.35. The largest absolute Gasteiger partial charge is 0.371 e. The Bertz CT molecular complexity index is 425. The summed E-state index contributed by atoms with van der Waals surface area (Å²) in [7, 11) is 4.27. The molecule has 0 amide bonds. The number of halogens is 1. The fourth-order valence-electron chi connectivity index (χ4n) is 3.37. The minimum absolute atomic E-state index is 0.703. The summed E-state index contributed by atoms with van der Waals surface area (Å²) >= 11 is 3.58. The second-order valence-corrected chi connectivity index (χ2v) is 6.91. The molecule has 0 radical (unpaired) electrons. The van der Waals surface area contributed by atoms with Gasteiger partial charge in [0.25, 0.3) is 0 Å². The molecule has 1 aromatic carbocycles. The van der Waals surface area contributed by atoms with Crippen LogP contribution in [0.15, 0.2) is 22.7 Å². The maximum Gasteiger partial charge on any atom is 0.0412 e. The second kappa shape index (κ2) is 7.46. The van der Waals surface area contributed by atoms with Crippen LogP contribution in [0.2, 0.25) is 0 Å². The minimum atomic E-state index is 0.703. The number of anilines is 1. The molecule has 0 aliphatic heterocycles. The van der Waals surface area contributed by atoms with E-state index in [1.807, 2.05) is 7.05 Å². The van der Waals surface area contributed by atoms with E-state index < -0.39 is 0 Å². The van der Waals surface area contributed by atoms with E-state index in [0.717, 1.165) is 16.9 Å². The molecular formula is C17H27BrN2. The van der Waals surface area contributed by atoms with Gasteiger partial charge in [-0.05, 0) is 62.4 Å². The predicted octanol–water partition coefficient (Wildman–Crippen LogP) is 4.57. The summed E-state index contributed by atoms with van der Waals surface area (Å²) in [6.45, 7) is 3.25. The monoisotopic (exact) mass is 338 g/mol. The van der Waals surface area contributed by atoms with Crippen LogP contribution in [0.4, 0.5) is 5.69 Å². The number of nitrogens with one attached hydrogen (secondary N) is 1. The second-order valence-electron chi connectivity index (χ2n) is 6.00. The molecule has 0 heterocycles. The Morgan fingerprint density at radius 2 is 1.95 bits per heavy atom. The third-order valence-corrected chi connectivity index (χ3v) is 5.22. The predicted molar refractivity (Wildman–Crippen MR) is 91.3 cm³/mol. The van der Waals surface area contributed by atoms with Crippen molar-refractivity contribution in [2.45, 2.75) is 51.6 Å². The third-order valence-electron chi connectivity index (χ3n) is 4.73. The summed E-state index contributed by atoms with van der Waals surface area (Å²) in [5.74, 6) is 0.960. The van der Waals surface area contributed by atoms with E-state index in [1.54, 1.807) is 0 Å². The lowest BCUT2D eigenvalue weighted by Gasteiger charge is -2.36. The third kappa shape index (κ3) is 3.76. The molecule has 1 fully saturated rings. The van der Waals surface area contributed by atoms with Crippen LogP contribution in [0.1, 0.15) is 44.6 Å². The molecule has 1 N–H and O–H groups in total. The molecule has 0 atom stereocenters. The van der Waals surface area contributed by atoms with Crippen molar-refractivity contribution in [3.05, 3.63) is 28.2 Å². The van der Waals surface area contributed by atoms with Crippen molar-refractivity contribution >= 4 is 21.6 Å². The Balaban J connectivity index is 2.10. The van der Waals surface area contributed by atoms with Gasteiger partial charge in [-0.1, -0.05) is 29.3 Å². The van der Waals surface area contributed by atoms with Gasteiger partial charge >= 0.3 is 0 Å². The molecule has 1 aliphatic carbocycles. The Morgan fingerprint density at radius 1 is 1.25 bits per heavy atom. The summed E-state index contributed by atoms with van der Waals surface area (Å²) in [5, 5.41) is 3.28. The maximum absolute atomic E-state index is 3.58. The number of rotatable bonds is 5. The van der Waals surface area contributed by atoms with E-state index >= 15 is 0 Å². The van der Waals surface area contributed by atoms with Crippen LogP contribution in [0.5, 0.6) is 0 Å². The molecule has 0 spiro atoms. The van der Waals surface area contributed by atoms with Gasteiger partial charge in [0, 0.05) is 29.8 Å². The number of hydrogen-bond acceptors (Lipinski definition) is 2. The standard InChI is InChI=1S/C17H27BrN2/c1-4-13-5-8-16(9-6-13)20(3)17-10-7-15(18)11-14(17)12-19-2/h7,10-11,13,16,19H,4-6,8-9,12H2,1-3H3. The first-order chi connectivity index (χ1) is 9.65. The van der Waals surface area contributed by atoms with Gasteiger partial charge < -0.3 is 10.2 Å². The maximum atomic E-state index is 3.58. The smallest absolute Gasteiger partial charge is 0.0412 e. The Kier molecular flexibility index (Phi) is 5.91. The normalized spacial score (nSPS) is 22.8. The van der Waals surface area contributed by atoms with Gasteiger partial charge in [0.15, 0.2) is 0 Å². The van der Waals surface area contributed by atoms with Gasteiger partial charge in [0.1, 0.15) is 0 Å². The van der Waals surface area contributed by atoms with Crippen LogP contribution in [0.25, 0.3) is 0 Å². The molecule has 0 bridgehead atoms. The highest BCUT2D eigenvalue weighted by molar-refractivity contribution is 9.10. The minimum Gasteiger partial charge on any atom is -0.371 e. The highest BCUT2D eigenvalue weighted by atomic mass is 79.9. The number of nitrogens with zero attached hydrogens (tertiary/aromatic N) is 1. The molecule has 0 unspecified atom stereocenters. The number of benzene rings is 1. The SMILES string of the molecule is CCC1CCC(N(C)c2ccc(Br)cc2CNC)CC1. The van der Waals surface area contributed by atoms with Crippen LogP contribution in [0.3, 0.4) is 0 Å². The van der Waals surface area contributed by atoms with Gasteiger partial charge in [0.2, 0.25) is 0 Å². The van der Waals surface area contributed by atoms with Crippen molar-refractivity contribution < 1.29 is 0 Å². The first kappa shape index (κ1) is 15.8. The fourth-order valence-corrected chi connectivity index (χ4v) is 3.78. The lowest BCUT2D eigenvalue weighted by molar-refractivity contribution is 0.313. The Labute approximate surface area is 132 Å². The van der Waals surface area contributed by atoms with Gasteiger partial charge in [-0.2, -0.15) is 0 Å². The quantitative estimate of drug-likeness (QED) is 0.845. The molecule has 3 heteroatoms. The molecule has 1 aliphatic rings. The van der Waals surface area contributed by atoms with Crippen molar-refractivity contribution in [2.75, 3.05) is 19.0 Å². The summed E-state index contributed by atoms with van der Waals surface area (Å²) < 4.78 is 1.16. The molecule has 112 valence electrons. The van der Waals surface area contributed by atoms with E-state index in [4.69, 9.17) is 0 Å². The molecule has 1 saturated carbocycles. The van der Waals surface area contributed by atoms with E-state index in [1.165, 1.54) is 43.4 Å². The molecule has 2 nitrogen and oxygen atoms in total. The van der Waals surface area contributed by atoms with E-state index in [0.29, 0.717) is 6.04 Å². The summed E-state index contributed by atoms with van der Waals surface area (Å²) in [4.78, 5) is 2.50. The zero-order valence-electron chi connectivity index (χ0n) is 13.0. The van der Waals surface area contributed by atoms with E-state index in [-0.39, 0.29) is 0 Å². The summed E-state index contributed by atoms with van der Waals surface area (Å²) in [6.07, 6.45) is 6.81. The van der Waals surface area contributed by atoms with Crippen molar-refractivity contribution in [3.63, 3.8) is 0 Å². The molecule has 2 rings (SSSR count). The van der Waals surface area contributed by atoms with Crippen molar-refractivity contribution in [1.82, 2.24) is 5.32 Å². The molecule has 1 aromatic rings. The lowest BCUT2D eigenvalue weighted by atomic mass is 9.84. The summed E-state index contributed by atoms with van der Waals surface area (Å²) in [5.41, 5.74) is 2.75. The average molecular weight is 339 g/mol. The van der Waals surface area contributed by atoms with Crippen LogP contribution in [-0.2, 0) is 6.54 Å². The molecule has 0 aromatic heterocycles. The van der Waals surface area contributed by atoms with Crippen molar-refractivity contribution in [3.8, 4) is 0 Å². The fraction of sp³-hybridized carbons (Fsp3) is 0.647. The van der Waals surface area contributed by atoms with Crippen LogP contribution in [0, 0.1) is 5.92 Å². The Hall–Kier alpha value is -0.540. The number of hydrogen-bond donors (Lipinski definition) is 1. The Morgan fingerprint density at radius 3 is 2.55 bits per heavy atom. The summed E-state index contributed by atoms with van der Waals surface area (Å²) in [6, 6.07) is 7.35. The zero-order valence-corrected chi connectivity index (χ0v) is 14.5. The van der Waals surface area contributed by atoms with Gasteiger partial charge in [-0.3, -0.25) is 0 Å².